The number of imidazole rings is 1. The van der Waals surface area contributed by atoms with Crippen molar-refractivity contribution in [3.63, 3.8) is 0 Å². The molecule has 0 unspecified atom stereocenters. The molecule has 118 valence electrons. The zero-order chi connectivity index (χ0) is 16.0. The van der Waals surface area contributed by atoms with E-state index in [1.54, 1.807) is 12.5 Å². The number of amides is 1. The number of carbonyl (C=O) groups is 1. The number of aromatic nitrogens is 2. The lowest BCUT2D eigenvalue weighted by atomic mass is 9.81. The molecule has 2 rings (SSSR count). The minimum absolute atomic E-state index is 0.0352. The number of nitrogens with zero attached hydrogens (tertiary/aromatic N) is 2. The van der Waals surface area contributed by atoms with Crippen molar-refractivity contribution in [3.8, 4) is 5.69 Å². The highest BCUT2D eigenvalue weighted by Gasteiger charge is 2.32. The molecule has 22 heavy (non-hydrogen) atoms. The van der Waals surface area contributed by atoms with Gasteiger partial charge in [0.1, 0.15) is 0 Å². The Kier molecular flexibility index (Phi) is 5.33. The molecule has 0 saturated heterocycles. The van der Waals surface area contributed by atoms with Crippen molar-refractivity contribution >= 4 is 5.91 Å². The van der Waals surface area contributed by atoms with Gasteiger partial charge in [0.05, 0.1) is 11.7 Å². The molecule has 0 saturated carbocycles. The molecule has 0 aliphatic carbocycles. The standard InChI is InChI=1S/C17H24N4O/c1-3-17(4-2,12-18)16(22)20-11-14-6-5-7-15(10-14)21-9-8-19-13-21/h5-10,13H,3-4,11-12,18H2,1-2H3,(H,20,22). The molecule has 0 fully saturated rings. The molecule has 3 N–H and O–H groups in total. The van der Waals surface area contributed by atoms with Gasteiger partial charge in [-0.25, -0.2) is 4.98 Å². The van der Waals surface area contributed by atoms with Gasteiger partial charge in [-0.15, -0.1) is 0 Å². The SMILES string of the molecule is CCC(CC)(CN)C(=O)NCc1cccc(-n2ccnc2)c1. The van der Waals surface area contributed by atoms with Crippen LogP contribution in [0.1, 0.15) is 32.3 Å². The Morgan fingerprint density at radius 3 is 2.73 bits per heavy atom. The Balaban J connectivity index is 2.06. The molecule has 1 heterocycles. The predicted octanol–water partition coefficient (Wildman–Crippen LogP) is 2.25. The Labute approximate surface area is 131 Å². The van der Waals surface area contributed by atoms with E-state index in [1.165, 1.54) is 0 Å². The van der Waals surface area contributed by atoms with Crippen molar-refractivity contribution in [1.29, 1.82) is 0 Å². The van der Waals surface area contributed by atoms with Crippen molar-refractivity contribution in [1.82, 2.24) is 14.9 Å². The number of hydrogen-bond donors (Lipinski definition) is 2. The zero-order valence-corrected chi connectivity index (χ0v) is 13.2. The van der Waals surface area contributed by atoms with Gasteiger partial charge in [0.25, 0.3) is 0 Å². The average molecular weight is 300 g/mol. The molecule has 5 heteroatoms. The third-order valence-corrected chi connectivity index (χ3v) is 4.39. The maximum absolute atomic E-state index is 12.4. The van der Waals surface area contributed by atoms with Crippen LogP contribution in [0.4, 0.5) is 0 Å². The Morgan fingerprint density at radius 2 is 2.14 bits per heavy atom. The Hall–Kier alpha value is -2.14. The summed E-state index contributed by atoms with van der Waals surface area (Å²) in [6.07, 6.45) is 6.89. The summed E-state index contributed by atoms with van der Waals surface area (Å²) in [6, 6.07) is 8.04. The number of rotatable bonds is 7. The van der Waals surface area contributed by atoms with Gasteiger partial charge >= 0.3 is 0 Å². The molecule has 1 amide bonds. The summed E-state index contributed by atoms with van der Waals surface area (Å²) in [7, 11) is 0. The second-order valence-corrected chi connectivity index (χ2v) is 5.51. The van der Waals surface area contributed by atoms with Gasteiger partial charge in [0.2, 0.25) is 5.91 Å². The van der Waals surface area contributed by atoms with Gasteiger partial charge in [-0.1, -0.05) is 26.0 Å². The number of nitrogens with one attached hydrogen (secondary N) is 1. The van der Waals surface area contributed by atoms with Gasteiger partial charge in [-0.05, 0) is 30.5 Å². The molecule has 1 aromatic carbocycles. The van der Waals surface area contributed by atoms with Gasteiger partial charge in [0.15, 0.2) is 0 Å². The van der Waals surface area contributed by atoms with E-state index in [9.17, 15) is 4.79 Å². The first-order chi connectivity index (χ1) is 10.6. The molecule has 0 aliphatic rings. The Morgan fingerprint density at radius 1 is 1.36 bits per heavy atom. The van der Waals surface area contributed by atoms with Crippen molar-refractivity contribution in [3.05, 3.63) is 48.5 Å². The van der Waals surface area contributed by atoms with E-state index >= 15 is 0 Å². The van der Waals surface area contributed by atoms with Crippen molar-refractivity contribution in [2.24, 2.45) is 11.1 Å². The fourth-order valence-electron chi connectivity index (χ4n) is 2.56. The van der Waals surface area contributed by atoms with Crippen LogP contribution in [0, 0.1) is 5.41 Å². The van der Waals surface area contributed by atoms with E-state index in [0.29, 0.717) is 13.1 Å². The summed E-state index contributed by atoms with van der Waals surface area (Å²) in [5, 5.41) is 3.02. The van der Waals surface area contributed by atoms with Crippen LogP contribution in [0.3, 0.4) is 0 Å². The molecule has 5 nitrogen and oxygen atoms in total. The topological polar surface area (TPSA) is 72.9 Å². The van der Waals surface area contributed by atoms with Gasteiger partial charge in [-0.2, -0.15) is 0 Å². The number of hydrogen-bond acceptors (Lipinski definition) is 3. The number of benzene rings is 1. The summed E-state index contributed by atoms with van der Waals surface area (Å²) >= 11 is 0. The molecular weight excluding hydrogens is 276 g/mol. The van der Waals surface area contributed by atoms with Gasteiger partial charge < -0.3 is 15.6 Å². The Bertz CT molecular complexity index is 595. The molecule has 0 atom stereocenters. The quantitative estimate of drug-likeness (QED) is 0.823. The van der Waals surface area contributed by atoms with E-state index in [2.05, 4.69) is 10.3 Å². The van der Waals surface area contributed by atoms with Crippen LogP contribution >= 0.6 is 0 Å². The van der Waals surface area contributed by atoms with Gasteiger partial charge in [0, 0.05) is 31.2 Å². The van der Waals surface area contributed by atoms with E-state index in [1.807, 2.05) is 48.9 Å². The summed E-state index contributed by atoms with van der Waals surface area (Å²) < 4.78 is 1.94. The monoisotopic (exact) mass is 300 g/mol. The van der Waals surface area contributed by atoms with Crippen LogP contribution in [0.25, 0.3) is 5.69 Å². The lowest BCUT2D eigenvalue weighted by molar-refractivity contribution is -0.131. The molecule has 0 spiro atoms. The lowest BCUT2D eigenvalue weighted by Gasteiger charge is -2.28. The molecule has 2 aromatic rings. The van der Waals surface area contributed by atoms with Crippen molar-refractivity contribution < 1.29 is 4.79 Å². The second kappa shape index (κ2) is 7.22. The van der Waals surface area contributed by atoms with Crippen molar-refractivity contribution in [2.45, 2.75) is 33.2 Å². The first-order valence-electron chi connectivity index (χ1n) is 7.71. The summed E-state index contributed by atoms with van der Waals surface area (Å²) in [5.74, 6) is 0.0352. The van der Waals surface area contributed by atoms with E-state index in [4.69, 9.17) is 5.73 Å². The van der Waals surface area contributed by atoms with E-state index in [0.717, 1.165) is 24.1 Å². The largest absolute Gasteiger partial charge is 0.352 e. The lowest BCUT2D eigenvalue weighted by Crippen LogP contribution is -2.45. The minimum atomic E-state index is -0.456. The number of nitrogens with two attached hydrogens (primary N) is 1. The number of carbonyl (C=O) groups excluding carboxylic acids is 1. The summed E-state index contributed by atoms with van der Waals surface area (Å²) in [5.41, 5.74) is 7.44. The zero-order valence-electron chi connectivity index (χ0n) is 13.2. The smallest absolute Gasteiger partial charge is 0.227 e. The maximum Gasteiger partial charge on any atom is 0.227 e. The van der Waals surface area contributed by atoms with Crippen LogP contribution in [0.5, 0.6) is 0 Å². The van der Waals surface area contributed by atoms with Crippen LogP contribution in [-0.4, -0.2) is 22.0 Å². The highest BCUT2D eigenvalue weighted by molar-refractivity contribution is 5.82. The highest BCUT2D eigenvalue weighted by Crippen LogP contribution is 2.25. The predicted molar refractivity (Wildman–Crippen MR) is 87.5 cm³/mol. The van der Waals surface area contributed by atoms with Gasteiger partial charge in [-0.3, -0.25) is 4.79 Å². The molecule has 1 aromatic heterocycles. The fraction of sp³-hybridized carbons (Fsp3) is 0.412. The average Bonchev–Trinajstić information content (AvgIpc) is 3.10. The highest BCUT2D eigenvalue weighted by atomic mass is 16.2. The third-order valence-electron chi connectivity index (χ3n) is 4.39. The van der Waals surface area contributed by atoms with Crippen LogP contribution in [-0.2, 0) is 11.3 Å². The molecular formula is C17H24N4O. The summed E-state index contributed by atoms with van der Waals surface area (Å²) in [4.78, 5) is 16.5. The third kappa shape index (κ3) is 3.36. The second-order valence-electron chi connectivity index (χ2n) is 5.51. The van der Waals surface area contributed by atoms with Crippen LogP contribution in [0.2, 0.25) is 0 Å². The van der Waals surface area contributed by atoms with Crippen LogP contribution < -0.4 is 11.1 Å². The first kappa shape index (κ1) is 16.2. The first-order valence-corrected chi connectivity index (χ1v) is 7.71. The maximum atomic E-state index is 12.4. The minimum Gasteiger partial charge on any atom is -0.352 e. The molecule has 0 radical (unpaired) electrons. The normalized spacial score (nSPS) is 11.4. The molecule has 0 aliphatic heterocycles. The van der Waals surface area contributed by atoms with E-state index < -0.39 is 5.41 Å². The van der Waals surface area contributed by atoms with Crippen molar-refractivity contribution in [2.75, 3.05) is 6.54 Å². The fourth-order valence-corrected chi connectivity index (χ4v) is 2.56. The van der Waals surface area contributed by atoms with E-state index in [-0.39, 0.29) is 5.91 Å². The summed E-state index contributed by atoms with van der Waals surface area (Å²) in [6.45, 7) is 4.90. The van der Waals surface area contributed by atoms with Crippen LogP contribution in [0.15, 0.2) is 43.0 Å². The molecule has 0 bridgehead atoms.